The normalized spacial score (nSPS) is 14.7. The topological polar surface area (TPSA) is 47.6 Å². The minimum absolute atomic E-state index is 0.131. The van der Waals surface area contributed by atoms with E-state index in [-0.39, 0.29) is 22.2 Å². The molecule has 4 nitrogen and oxygen atoms in total. The number of rotatable bonds is 12. The Morgan fingerprint density at radius 2 is 1.77 bits per heavy atom. The van der Waals surface area contributed by atoms with Gasteiger partial charge in [-0.2, -0.15) is 0 Å². The molecule has 2 atom stereocenters. The summed E-state index contributed by atoms with van der Waals surface area (Å²) >= 11 is 7.18. The van der Waals surface area contributed by atoms with Crippen LogP contribution >= 0.6 is 23.8 Å². The van der Waals surface area contributed by atoms with Crippen molar-refractivity contribution in [3.63, 3.8) is 0 Å². The zero-order chi connectivity index (χ0) is 27.2. The lowest BCUT2D eigenvalue weighted by atomic mass is 9.90. The van der Waals surface area contributed by atoms with Gasteiger partial charge in [-0.15, -0.1) is 0 Å². The highest BCUT2D eigenvalue weighted by Crippen LogP contribution is 2.32. The number of carbonyl (C=O) groups is 1. The molecule has 1 N–H and O–H groups in total. The minimum Gasteiger partial charge on any atom is -0.460 e. The van der Waals surface area contributed by atoms with Gasteiger partial charge in [0, 0.05) is 12.5 Å². The molecular weight excluding hydrogens is 485 g/mol. The molecule has 0 amide bonds. The molecule has 1 rings (SSSR count). The van der Waals surface area contributed by atoms with Crippen LogP contribution in [0.1, 0.15) is 113 Å². The molecule has 2 unspecified atom stereocenters. The number of halogens is 2. The summed E-state index contributed by atoms with van der Waals surface area (Å²) in [6.07, 6.45) is 6.22. The fourth-order valence-electron chi connectivity index (χ4n) is 3.33. The Hall–Kier alpha value is -1.24. The van der Waals surface area contributed by atoms with E-state index in [2.05, 4.69) is 39.3 Å². The first-order valence-corrected chi connectivity index (χ1v) is 13.8. The number of ether oxygens (including phenoxy) is 1. The average Bonchev–Trinajstić information content (AvgIpc) is 2.76. The molecule has 0 aliphatic heterocycles. The van der Waals surface area contributed by atoms with Gasteiger partial charge in [0.2, 0.25) is 0 Å². The zero-order valence-corrected chi connectivity index (χ0v) is 25.0. The molecule has 1 aromatic rings. The van der Waals surface area contributed by atoms with Crippen LogP contribution in [0.4, 0.5) is 4.39 Å². The minimum atomic E-state index is -0.400. The molecule has 0 heterocycles. The molecule has 0 aromatic heterocycles. The summed E-state index contributed by atoms with van der Waals surface area (Å²) in [5, 5.41) is 0.131. The number of carbonyl (C=O) groups excluding carboxylic acids is 1. The van der Waals surface area contributed by atoms with Crippen LogP contribution in [0, 0.1) is 11.7 Å². The molecule has 0 saturated carbocycles. The Morgan fingerprint density at radius 1 is 1.14 bits per heavy atom. The maximum atomic E-state index is 14.5. The highest BCUT2D eigenvalue weighted by atomic mass is 35.5. The van der Waals surface area contributed by atoms with E-state index in [1.165, 1.54) is 25.6 Å². The van der Waals surface area contributed by atoms with Crippen LogP contribution in [0.15, 0.2) is 23.8 Å². The van der Waals surface area contributed by atoms with Crippen LogP contribution < -0.4 is 4.72 Å². The van der Waals surface area contributed by atoms with Crippen molar-refractivity contribution < 1.29 is 18.1 Å². The first-order chi connectivity index (χ1) is 16.2. The highest BCUT2D eigenvalue weighted by molar-refractivity contribution is 7.93. The molecular formula is C28H47ClFNO3S. The van der Waals surface area contributed by atoms with Crippen LogP contribution in [0.5, 0.6) is 0 Å². The largest absolute Gasteiger partial charge is 0.460 e. The van der Waals surface area contributed by atoms with Gasteiger partial charge in [-0.1, -0.05) is 58.2 Å². The third kappa shape index (κ3) is 14.2. The summed E-state index contributed by atoms with van der Waals surface area (Å²) in [7, 11) is 0. The second-order valence-electron chi connectivity index (χ2n) is 10.3. The third-order valence-corrected chi connectivity index (χ3v) is 6.72. The van der Waals surface area contributed by atoms with Gasteiger partial charge in [0.1, 0.15) is 17.8 Å². The molecule has 0 bridgehead atoms. The van der Waals surface area contributed by atoms with Crippen LogP contribution in [0.2, 0.25) is 5.02 Å². The number of hydrogen-bond donors (Lipinski definition) is 1. The quantitative estimate of drug-likeness (QED) is 0.165. The molecule has 0 saturated heterocycles. The third-order valence-electron chi connectivity index (χ3n) is 5.66. The number of esters is 1. The Morgan fingerprint density at radius 3 is 2.23 bits per heavy atom. The summed E-state index contributed by atoms with van der Waals surface area (Å²) in [4.78, 5) is 10.2. The first kappa shape index (κ1) is 33.8. The van der Waals surface area contributed by atoms with E-state index in [9.17, 15) is 9.18 Å². The van der Waals surface area contributed by atoms with E-state index < -0.39 is 5.82 Å². The van der Waals surface area contributed by atoms with Crippen molar-refractivity contribution in [2.45, 2.75) is 119 Å². The van der Waals surface area contributed by atoms with E-state index in [4.69, 9.17) is 20.5 Å². The summed E-state index contributed by atoms with van der Waals surface area (Å²) < 4.78 is 28.8. The Kier molecular flexibility index (Phi) is 15.9. The van der Waals surface area contributed by atoms with Gasteiger partial charge < -0.3 is 9.46 Å². The molecule has 0 radical (unpaired) electrons. The van der Waals surface area contributed by atoms with E-state index in [1.807, 2.05) is 27.7 Å². The standard InChI is InChI=1S/C22H35ClFNOS.C6H12O2/c1-7-14-22(6,15-13-16(4)8-2)26-27-25-21(17(5)9-3)18-11-10-12-19(23)20(18)24;1-5(7)8-6(2,3)4/h10-12,16,25H,7-9,13-15H2,1-6H3;1-4H3/b21-17+;. The monoisotopic (exact) mass is 531 g/mol. The second-order valence-corrected chi connectivity index (χ2v) is 11.3. The Bertz CT molecular complexity index is 810. The molecule has 0 aliphatic rings. The summed E-state index contributed by atoms with van der Waals surface area (Å²) in [5.74, 6) is 0.0711. The van der Waals surface area contributed by atoms with Crippen molar-refractivity contribution in [1.82, 2.24) is 4.72 Å². The van der Waals surface area contributed by atoms with Crippen molar-refractivity contribution in [2.24, 2.45) is 5.92 Å². The van der Waals surface area contributed by atoms with Crippen LogP contribution in [-0.2, 0) is 13.7 Å². The molecule has 7 heteroatoms. The number of benzene rings is 1. The maximum Gasteiger partial charge on any atom is 0.303 e. The zero-order valence-electron chi connectivity index (χ0n) is 23.4. The Balaban J connectivity index is 0.00000124. The van der Waals surface area contributed by atoms with Gasteiger partial charge in [-0.25, -0.2) is 4.39 Å². The van der Waals surface area contributed by atoms with Crippen molar-refractivity contribution in [3.05, 3.63) is 40.2 Å². The fourth-order valence-corrected chi connectivity index (χ4v) is 4.28. The van der Waals surface area contributed by atoms with Crippen molar-refractivity contribution in [2.75, 3.05) is 0 Å². The van der Waals surface area contributed by atoms with E-state index in [0.29, 0.717) is 11.5 Å². The van der Waals surface area contributed by atoms with Gasteiger partial charge in [-0.05, 0) is 83.9 Å². The van der Waals surface area contributed by atoms with Gasteiger partial charge in [0.15, 0.2) is 5.82 Å². The van der Waals surface area contributed by atoms with Crippen molar-refractivity contribution in [1.29, 1.82) is 0 Å². The highest BCUT2D eigenvalue weighted by Gasteiger charge is 2.26. The molecule has 35 heavy (non-hydrogen) atoms. The second kappa shape index (κ2) is 16.5. The van der Waals surface area contributed by atoms with Gasteiger partial charge >= 0.3 is 5.97 Å². The van der Waals surface area contributed by atoms with Crippen molar-refractivity contribution >= 4 is 35.5 Å². The van der Waals surface area contributed by atoms with Crippen LogP contribution in [0.3, 0.4) is 0 Å². The molecule has 202 valence electrons. The molecule has 1 aromatic carbocycles. The van der Waals surface area contributed by atoms with Crippen LogP contribution in [-0.4, -0.2) is 17.2 Å². The molecule has 0 aliphatic carbocycles. The van der Waals surface area contributed by atoms with Crippen LogP contribution in [0.25, 0.3) is 5.70 Å². The first-order valence-electron chi connectivity index (χ1n) is 12.6. The summed E-state index contributed by atoms with van der Waals surface area (Å²) in [6.45, 7) is 19.8. The number of nitrogens with one attached hydrogen (secondary N) is 1. The van der Waals surface area contributed by atoms with E-state index in [0.717, 1.165) is 43.4 Å². The predicted molar refractivity (Wildman–Crippen MR) is 150 cm³/mol. The summed E-state index contributed by atoms with van der Waals surface area (Å²) in [6, 6.07) is 5.08. The van der Waals surface area contributed by atoms with E-state index >= 15 is 0 Å². The van der Waals surface area contributed by atoms with Crippen molar-refractivity contribution in [3.8, 4) is 0 Å². The Labute approximate surface area is 223 Å². The lowest BCUT2D eigenvalue weighted by Gasteiger charge is -2.30. The predicted octanol–water partition coefficient (Wildman–Crippen LogP) is 9.52. The van der Waals surface area contributed by atoms with E-state index in [1.54, 1.807) is 18.2 Å². The number of allylic oxidation sites excluding steroid dienone is 1. The smallest absolute Gasteiger partial charge is 0.303 e. The van der Waals surface area contributed by atoms with Gasteiger partial charge in [0.25, 0.3) is 0 Å². The summed E-state index contributed by atoms with van der Waals surface area (Å²) in [5.41, 5.74) is 1.75. The lowest BCUT2D eigenvalue weighted by molar-refractivity contribution is -0.151. The lowest BCUT2D eigenvalue weighted by Crippen LogP contribution is -2.28. The number of hydrogen-bond acceptors (Lipinski definition) is 5. The molecule has 0 spiro atoms. The molecule has 0 fully saturated rings. The maximum absolute atomic E-state index is 14.5. The SMILES string of the molecule is CC(=O)OC(C)(C)C.CCCC(C)(CCC(C)CC)OSN/C(=C(\C)CC)c1cccc(Cl)c1F. The average molecular weight is 532 g/mol. The van der Waals surface area contributed by atoms with Gasteiger partial charge in [-0.3, -0.25) is 8.98 Å². The fraction of sp³-hybridized carbons (Fsp3) is 0.679. The van der Waals surface area contributed by atoms with Gasteiger partial charge in [0.05, 0.1) is 16.3 Å².